The minimum atomic E-state index is -0.349. The van der Waals surface area contributed by atoms with Gasteiger partial charge in [0.15, 0.2) is 0 Å². The van der Waals surface area contributed by atoms with Crippen molar-refractivity contribution in [3.05, 3.63) is 41.3 Å². The number of amides is 1. The molecule has 2 rings (SSSR count). The highest BCUT2D eigenvalue weighted by atomic mass is 19.1. The van der Waals surface area contributed by atoms with E-state index in [0.29, 0.717) is 11.6 Å². The van der Waals surface area contributed by atoms with E-state index < -0.39 is 0 Å². The molecule has 1 aromatic heterocycles. The van der Waals surface area contributed by atoms with Crippen molar-refractivity contribution in [1.29, 1.82) is 0 Å². The van der Waals surface area contributed by atoms with Crippen molar-refractivity contribution < 1.29 is 13.7 Å². The first-order valence-corrected chi connectivity index (χ1v) is 7.03. The number of hydrogen-bond acceptors (Lipinski definition) is 4. The van der Waals surface area contributed by atoms with Crippen molar-refractivity contribution in [3.63, 3.8) is 0 Å². The molecule has 6 heteroatoms. The second-order valence-electron chi connectivity index (χ2n) is 6.19. The SMILES string of the molecule is Cc1ccc(F)cc1NCC(=O)Nc1cc(C(C)(C)C)no1. The predicted octanol–water partition coefficient (Wildman–Crippen LogP) is 3.47. The molecule has 0 saturated heterocycles. The first-order chi connectivity index (χ1) is 10.3. The summed E-state index contributed by atoms with van der Waals surface area (Å²) in [5.74, 6) is -0.341. The average Bonchev–Trinajstić information content (AvgIpc) is 2.88. The lowest BCUT2D eigenvalue weighted by atomic mass is 9.92. The molecule has 0 radical (unpaired) electrons. The fraction of sp³-hybridized carbons (Fsp3) is 0.375. The maximum atomic E-state index is 13.2. The van der Waals surface area contributed by atoms with Gasteiger partial charge < -0.3 is 9.84 Å². The fourth-order valence-electron chi connectivity index (χ4n) is 1.83. The van der Waals surface area contributed by atoms with Gasteiger partial charge in [-0.1, -0.05) is 32.0 Å². The Labute approximate surface area is 128 Å². The smallest absolute Gasteiger partial charge is 0.246 e. The highest BCUT2D eigenvalue weighted by Crippen LogP contribution is 2.23. The van der Waals surface area contributed by atoms with Crippen LogP contribution in [-0.4, -0.2) is 17.6 Å². The molecule has 0 saturated carbocycles. The van der Waals surface area contributed by atoms with Crippen LogP contribution in [0, 0.1) is 12.7 Å². The number of hydrogen-bond donors (Lipinski definition) is 2. The monoisotopic (exact) mass is 305 g/mol. The molecule has 2 aromatic rings. The minimum Gasteiger partial charge on any atom is -0.376 e. The van der Waals surface area contributed by atoms with Crippen LogP contribution in [0.25, 0.3) is 0 Å². The highest BCUT2D eigenvalue weighted by Gasteiger charge is 2.19. The number of anilines is 2. The number of benzene rings is 1. The third-order valence-corrected chi connectivity index (χ3v) is 3.18. The lowest BCUT2D eigenvalue weighted by molar-refractivity contribution is -0.114. The molecule has 0 atom stereocenters. The van der Waals surface area contributed by atoms with E-state index in [1.165, 1.54) is 12.1 Å². The quantitative estimate of drug-likeness (QED) is 0.907. The Morgan fingerprint density at radius 2 is 2.05 bits per heavy atom. The maximum Gasteiger partial charge on any atom is 0.246 e. The van der Waals surface area contributed by atoms with Gasteiger partial charge in [-0.3, -0.25) is 10.1 Å². The number of aromatic nitrogens is 1. The standard InChI is InChI=1S/C16H20FN3O2/c1-10-5-6-11(17)7-12(10)18-9-14(21)19-15-8-13(20-22-15)16(2,3)4/h5-8,18H,9H2,1-4H3,(H,19,21). The van der Waals surface area contributed by atoms with E-state index >= 15 is 0 Å². The van der Waals surface area contributed by atoms with Gasteiger partial charge in [0.25, 0.3) is 0 Å². The zero-order chi connectivity index (χ0) is 16.3. The number of halogens is 1. The van der Waals surface area contributed by atoms with Gasteiger partial charge in [-0.15, -0.1) is 0 Å². The average molecular weight is 305 g/mol. The zero-order valence-corrected chi connectivity index (χ0v) is 13.2. The summed E-state index contributed by atoms with van der Waals surface area (Å²) in [5.41, 5.74) is 2.06. The normalized spacial score (nSPS) is 11.3. The van der Waals surface area contributed by atoms with Crippen molar-refractivity contribution >= 4 is 17.5 Å². The molecule has 22 heavy (non-hydrogen) atoms. The lowest BCUT2D eigenvalue weighted by Gasteiger charge is -2.12. The predicted molar refractivity (Wildman–Crippen MR) is 83.5 cm³/mol. The second kappa shape index (κ2) is 6.17. The molecule has 118 valence electrons. The molecule has 1 aromatic carbocycles. The first-order valence-electron chi connectivity index (χ1n) is 7.03. The van der Waals surface area contributed by atoms with Crippen molar-refractivity contribution in [1.82, 2.24) is 5.16 Å². The Kier molecular flexibility index (Phi) is 4.49. The summed E-state index contributed by atoms with van der Waals surface area (Å²) >= 11 is 0. The summed E-state index contributed by atoms with van der Waals surface area (Å²) in [6.45, 7) is 7.86. The molecule has 0 aliphatic rings. The molecule has 0 unspecified atom stereocenters. The minimum absolute atomic E-state index is 0.00977. The van der Waals surface area contributed by atoms with E-state index in [4.69, 9.17) is 4.52 Å². The molecule has 1 amide bonds. The second-order valence-corrected chi connectivity index (χ2v) is 6.19. The molecule has 0 aliphatic carbocycles. The van der Waals surface area contributed by atoms with Gasteiger partial charge in [0.05, 0.1) is 12.2 Å². The van der Waals surface area contributed by atoms with E-state index in [1.807, 2.05) is 27.7 Å². The van der Waals surface area contributed by atoms with E-state index in [-0.39, 0.29) is 23.7 Å². The fourth-order valence-corrected chi connectivity index (χ4v) is 1.83. The van der Waals surface area contributed by atoms with Gasteiger partial charge in [0.2, 0.25) is 11.8 Å². The molecule has 0 aliphatic heterocycles. The topological polar surface area (TPSA) is 67.2 Å². The first kappa shape index (κ1) is 16.0. The van der Waals surface area contributed by atoms with Gasteiger partial charge in [-0.25, -0.2) is 4.39 Å². The Bertz CT molecular complexity index is 674. The molecule has 5 nitrogen and oxygen atoms in total. The van der Waals surface area contributed by atoms with Crippen LogP contribution in [0.3, 0.4) is 0 Å². The number of carbonyl (C=O) groups is 1. The molecule has 0 bridgehead atoms. The van der Waals surface area contributed by atoms with Crippen LogP contribution in [0.2, 0.25) is 0 Å². The van der Waals surface area contributed by atoms with Gasteiger partial charge in [-0.2, -0.15) is 0 Å². The largest absolute Gasteiger partial charge is 0.376 e. The number of nitrogens with one attached hydrogen (secondary N) is 2. The maximum absolute atomic E-state index is 13.2. The van der Waals surface area contributed by atoms with Crippen molar-refractivity contribution in [2.45, 2.75) is 33.1 Å². The third-order valence-electron chi connectivity index (χ3n) is 3.18. The van der Waals surface area contributed by atoms with E-state index in [0.717, 1.165) is 11.3 Å². The molecule has 0 spiro atoms. The highest BCUT2D eigenvalue weighted by molar-refractivity contribution is 5.92. The van der Waals surface area contributed by atoms with Crippen LogP contribution in [0.1, 0.15) is 32.0 Å². The third kappa shape index (κ3) is 4.07. The van der Waals surface area contributed by atoms with Crippen LogP contribution >= 0.6 is 0 Å². The zero-order valence-electron chi connectivity index (χ0n) is 13.2. The van der Waals surface area contributed by atoms with Crippen molar-refractivity contribution in [2.24, 2.45) is 0 Å². The van der Waals surface area contributed by atoms with Gasteiger partial charge >= 0.3 is 0 Å². The Morgan fingerprint density at radius 3 is 2.68 bits per heavy atom. The Hall–Kier alpha value is -2.37. The Balaban J connectivity index is 1.93. The summed E-state index contributed by atoms with van der Waals surface area (Å²) < 4.78 is 18.3. The van der Waals surface area contributed by atoms with E-state index in [1.54, 1.807) is 12.1 Å². The molecule has 1 heterocycles. The van der Waals surface area contributed by atoms with Crippen LogP contribution in [0.5, 0.6) is 0 Å². The number of rotatable bonds is 4. The van der Waals surface area contributed by atoms with Crippen LogP contribution < -0.4 is 10.6 Å². The summed E-state index contributed by atoms with van der Waals surface area (Å²) in [6.07, 6.45) is 0. The number of aryl methyl sites for hydroxylation is 1. The summed E-state index contributed by atoms with van der Waals surface area (Å²) in [4.78, 5) is 11.9. The van der Waals surface area contributed by atoms with Crippen molar-refractivity contribution in [3.8, 4) is 0 Å². The van der Waals surface area contributed by atoms with Gasteiger partial charge in [0.1, 0.15) is 5.82 Å². The van der Waals surface area contributed by atoms with Gasteiger partial charge in [-0.05, 0) is 24.6 Å². The molecular weight excluding hydrogens is 285 g/mol. The van der Waals surface area contributed by atoms with Crippen LogP contribution in [0.4, 0.5) is 16.0 Å². The van der Waals surface area contributed by atoms with E-state index in [2.05, 4.69) is 15.8 Å². The molecule has 2 N–H and O–H groups in total. The Morgan fingerprint density at radius 1 is 1.32 bits per heavy atom. The number of nitrogens with zero attached hydrogens (tertiary/aromatic N) is 1. The van der Waals surface area contributed by atoms with Crippen LogP contribution in [-0.2, 0) is 10.2 Å². The summed E-state index contributed by atoms with van der Waals surface area (Å²) in [7, 11) is 0. The lowest BCUT2D eigenvalue weighted by Crippen LogP contribution is -2.22. The molecule has 0 fully saturated rings. The van der Waals surface area contributed by atoms with Crippen molar-refractivity contribution in [2.75, 3.05) is 17.2 Å². The van der Waals surface area contributed by atoms with E-state index in [9.17, 15) is 9.18 Å². The van der Waals surface area contributed by atoms with Crippen LogP contribution in [0.15, 0.2) is 28.8 Å². The van der Waals surface area contributed by atoms with Gasteiger partial charge in [0, 0.05) is 17.2 Å². The molecular formula is C16H20FN3O2. The number of carbonyl (C=O) groups excluding carboxylic acids is 1. The summed E-state index contributed by atoms with van der Waals surface area (Å²) in [6, 6.07) is 6.09. The summed E-state index contributed by atoms with van der Waals surface area (Å²) in [5, 5.41) is 9.44.